The molecule has 1 fully saturated rings. The minimum Gasteiger partial charge on any atom is -0.370 e. The van der Waals surface area contributed by atoms with E-state index in [2.05, 4.69) is 32.1 Å². The van der Waals surface area contributed by atoms with Gasteiger partial charge in [-0.2, -0.15) is 0 Å². The zero-order chi connectivity index (χ0) is 17.7. The summed E-state index contributed by atoms with van der Waals surface area (Å²) in [6.07, 6.45) is 7.39. The third-order valence-electron chi connectivity index (χ3n) is 5.28. The quantitative estimate of drug-likeness (QED) is 0.535. The first-order chi connectivity index (χ1) is 12.7. The summed E-state index contributed by atoms with van der Waals surface area (Å²) in [6.45, 7) is 1.94. The Balaban J connectivity index is 1.39. The number of aryl methyl sites for hydroxylation is 1. The highest BCUT2D eigenvalue weighted by atomic mass is 32.1. The van der Waals surface area contributed by atoms with Crippen LogP contribution in [0.3, 0.4) is 0 Å². The van der Waals surface area contributed by atoms with E-state index in [9.17, 15) is 4.39 Å². The van der Waals surface area contributed by atoms with Crippen molar-refractivity contribution in [3.05, 3.63) is 47.6 Å². The Kier molecular flexibility index (Phi) is 3.63. The molecule has 7 heteroatoms. The second-order valence-electron chi connectivity index (χ2n) is 6.85. The molecule has 1 aliphatic rings. The van der Waals surface area contributed by atoms with Crippen molar-refractivity contribution >= 4 is 38.4 Å². The molecule has 0 amide bonds. The van der Waals surface area contributed by atoms with Crippen molar-refractivity contribution in [2.45, 2.75) is 18.8 Å². The highest BCUT2D eigenvalue weighted by Crippen LogP contribution is 2.35. The third kappa shape index (κ3) is 2.54. The minimum atomic E-state index is -0.272. The van der Waals surface area contributed by atoms with E-state index in [4.69, 9.17) is 0 Å². The van der Waals surface area contributed by atoms with Crippen molar-refractivity contribution in [2.24, 2.45) is 7.05 Å². The number of halogens is 1. The molecule has 0 aromatic carbocycles. The van der Waals surface area contributed by atoms with Gasteiger partial charge in [0.2, 0.25) is 0 Å². The van der Waals surface area contributed by atoms with Gasteiger partial charge in [-0.15, -0.1) is 11.3 Å². The zero-order valence-corrected chi connectivity index (χ0v) is 15.2. The van der Waals surface area contributed by atoms with Gasteiger partial charge in [0.25, 0.3) is 0 Å². The lowest BCUT2D eigenvalue weighted by Gasteiger charge is -2.33. The SMILES string of the molecule is Cn1cc(C2CCN(c3cnc4ncsc4c3)CC2)c2cc(F)cnc21. The Morgan fingerprint density at radius 1 is 1.12 bits per heavy atom. The maximum absolute atomic E-state index is 13.7. The van der Waals surface area contributed by atoms with Crippen LogP contribution < -0.4 is 4.90 Å². The second-order valence-corrected chi connectivity index (χ2v) is 7.74. The van der Waals surface area contributed by atoms with Gasteiger partial charge in [-0.3, -0.25) is 0 Å². The number of rotatable bonds is 2. The van der Waals surface area contributed by atoms with Crippen molar-refractivity contribution in [1.82, 2.24) is 19.5 Å². The Hall–Kier alpha value is -2.54. The van der Waals surface area contributed by atoms with Gasteiger partial charge in [-0.1, -0.05) is 0 Å². The Labute approximate surface area is 154 Å². The van der Waals surface area contributed by atoms with Crippen LogP contribution in [0.2, 0.25) is 0 Å². The summed E-state index contributed by atoms with van der Waals surface area (Å²) in [5.41, 5.74) is 5.88. The number of pyridine rings is 2. The summed E-state index contributed by atoms with van der Waals surface area (Å²) in [6, 6.07) is 3.79. The Morgan fingerprint density at radius 3 is 2.81 bits per heavy atom. The van der Waals surface area contributed by atoms with Gasteiger partial charge in [0.1, 0.15) is 11.5 Å². The van der Waals surface area contributed by atoms with Crippen molar-refractivity contribution in [2.75, 3.05) is 18.0 Å². The monoisotopic (exact) mass is 367 g/mol. The van der Waals surface area contributed by atoms with Gasteiger partial charge in [0, 0.05) is 31.7 Å². The lowest BCUT2D eigenvalue weighted by atomic mass is 9.89. The van der Waals surface area contributed by atoms with Crippen LogP contribution in [0.15, 0.2) is 36.2 Å². The van der Waals surface area contributed by atoms with Crippen LogP contribution in [0.25, 0.3) is 21.4 Å². The molecular weight excluding hydrogens is 349 g/mol. The second kappa shape index (κ2) is 6.02. The normalized spacial score (nSPS) is 16.0. The topological polar surface area (TPSA) is 46.8 Å². The maximum atomic E-state index is 13.7. The fourth-order valence-electron chi connectivity index (χ4n) is 3.96. The number of fused-ring (bicyclic) bond motifs is 2. The van der Waals surface area contributed by atoms with Crippen LogP contribution in [0.5, 0.6) is 0 Å². The number of piperidine rings is 1. The Bertz CT molecular complexity index is 1090. The number of anilines is 1. The van der Waals surface area contributed by atoms with Gasteiger partial charge in [-0.25, -0.2) is 19.3 Å². The fourth-order valence-corrected chi connectivity index (χ4v) is 4.62. The number of thiazole rings is 1. The van der Waals surface area contributed by atoms with Crippen molar-refractivity contribution in [3.8, 4) is 0 Å². The molecule has 4 aromatic heterocycles. The summed E-state index contributed by atoms with van der Waals surface area (Å²) in [4.78, 5) is 15.3. The molecule has 0 aliphatic carbocycles. The molecule has 0 unspecified atom stereocenters. The van der Waals surface area contributed by atoms with E-state index in [1.54, 1.807) is 17.4 Å². The van der Waals surface area contributed by atoms with Crippen LogP contribution in [-0.4, -0.2) is 32.6 Å². The van der Waals surface area contributed by atoms with Crippen LogP contribution in [0.4, 0.5) is 10.1 Å². The van der Waals surface area contributed by atoms with Gasteiger partial charge in [0.05, 0.1) is 28.3 Å². The van der Waals surface area contributed by atoms with E-state index in [-0.39, 0.29) is 5.82 Å². The highest BCUT2D eigenvalue weighted by Gasteiger charge is 2.24. The lowest BCUT2D eigenvalue weighted by Crippen LogP contribution is -2.32. The van der Waals surface area contributed by atoms with Gasteiger partial charge in [0.15, 0.2) is 5.65 Å². The van der Waals surface area contributed by atoms with Crippen LogP contribution in [0.1, 0.15) is 24.3 Å². The zero-order valence-electron chi connectivity index (χ0n) is 14.4. The van der Waals surface area contributed by atoms with Gasteiger partial charge >= 0.3 is 0 Å². The molecule has 5 nitrogen and oxygen atoms in total. The number of hydrogen-bond acceptors (Lipinski definition) is 5. The standard InChI is InChI=1S/C19H18FN5S/c1-24-10-16(15-6-13(20)8-22-19(15)24)12-2-4-25(5-3-12)14-7-17-18(21-9-14)23-11-26-17/h6-12H,2-5H2,1H3. The van der Waals surface area contributed by atoms with Gasteiger partial charge < -0.3 is 9.47 Å². The number of aromatic nitrogens is 4. The van der Waals surface area contributed by atoms with E-state index in [0.29, 0.717) is 5.92 Å². The molecular formula is C19H18FN5S. The summed E-state index contributed by atoms with van der Waals surface area (Å²) >= 11 is 1.62. The summed E-state index contributed by atoms with van der Waals surface area (Å²) in [5, 5.41) is 0.943. The van der Waals surface area contributed by atoms with Crippen LogP contribution in [-0.2, 0) is 7.05 Å². The van der Waals surface area contributed by atoms with E-state index in [0.717, 1.165) is 53.0 Å². The molecule has 4 aromatic rings. The summed E-state index contributed by atoms with van der Waals surface area (Å²) in [5.74, 6) is 0.157. The molecule has 0 bridgehead atoms. The average Bonchev–Trinajstić information content (AvgIpc) is 3.25. The molecule has 0 spiro atoms. The highest BCUT2D eigenvalue weighted by molar-refractivity contribution is 7.16. The van der Waals surface area contributed by atoms with Crippen LogP contribution in [0, 0.1) is 5.82 Å². The molecule has 0 atom stereocenters. The predicted octanol–water partition coefficient (Wildman–Crippen LogP) is 4.10. The summed E-state index contributed by atoms with van der Waals surface area (Å²) < 4.78 is 16.8. The molecule has 0 radical (unpaired) electrons. The van der Waals surface area contributed by atoms with Crippen molar-refractivity contribution in [1.29, 1.82) is 0 Å². The van der Waals surface area contributed by atoms with E-state index < -0.39 is 0 Å². The first kappa shape index (κ1) is 15.7. The molecule has 0 N–H and O–H groups in total. The van der Waals surface area contributed by atoms with E-state index in [1.807, 2.05) is 23.3 Å². The van der Waals surface area contributed by atoms with E-state index >= 15 is 0 Å². The molecule has 26 heavy (non-hydrogen) atoms. The summed E-state index contributed by atoms with van der Waals surface area (Å²) in [7, 11) is 1.97. The largest absolute Gasteiger partial charge is 0.370 e. The van der Waals surface area contributed by atoms with Crippen LogP contribution >= 0.6 is 11.3 Å². The molecule has 5 rings (SSSR count). The Morgan fingerprint density at radius 2 is 1.96 bits per heavy atom. The predicted molar refractivity (Wildman–Crippen MR) is 102 cm³/mol. The molecule has 1 saturated heterocycles. The maximum Gasteiger partial charge on any atom is 0.170 e. The molecule has 0 saturated carbocycles. The fraction of sp³-hybridized carbons (Fsp3) is 0.316. The van der Waals surface area contributed by atoms with E-state index in [1.165, 1.54) is 11.8 Å². The smallest absolute Gasteiger partial charge is 0.170 e. The number of hydrogen-bond donors (Lipinski definition) is 0. The molecule has 5 heterocycles. The lowest BCUT2D eigenvalue weighted by molar-refractivity contribution is 0.507. The number of nitrogens with zero attached hydrogens (tertiary/aromatic N) is 5. The molecule has 1 aliphatic heterocycles. The average molecular weight is 367 g/mol. The first-order valence-corrected chi connectivity index (χ1v) is 9.61. The third-order valence-corrected chi connectivity index (χ3v) is 6.05. The van der Waals surface area contributed by atoms with Crippen molar-refractivity contribution < 1.29 is 4.39 Å². The minimum absolute atomic E-state index is 0.272. The molecule has 132 valence electrons. The van der Waals surface area contributed by atoms with Crippen molar-refractivity contribution in [3.63, 3.8) is 0 Å². The first-order valence-electron chi connectivity index (χ1n) is 8.74. The van der Waals surface area contributed by atoms with Gasteiger partial charge in [-0.05, 0) is 36.5 Å².